The molecule has 1 aliphatic heterocycles. The van der Waals surface area contributed by atoms with E-state index in [1.807, 2.05) is 18.0 Å². The molecule has 25 heavy (non-hydrogen) atoms. The minimum atomic E-state index is -0.295. The van der Waals surface area contributed by atoms with Crippen molar-refractivity contribution in [2.24, 2.45) is 5.92 Å². The fraction of sp³-hybridized carbons (Fsp3) is 0.333. The molecule has 1 atom stereocenters. The Hall–Kier alpha value is -2.28. The molecule has 2 N–H and O–H groups in total. The Morgan fingerprint density at radius 3 is 2.80 bits per heavy atom. The second-order valence-corrected chi connectivity index (χ2v) is 7.70. The number of benzene rings is 1. The fourth-order valence-electron chi connectivity index (χ4n) is 2.95. The van der Waals surface area contributed by atoms with Gasteiger partial charge in [-0.3, -0.25) is 9.89 Å². The van der Waals surface area contributed by atoms with Crippen LogP contribution in [0, 0.1) is 11.7 Å². The van der Waals surface area contributed by atoms with Gasteiger partial charge in [-0.2, -0.15) is 5.10 Å². The number of nitrogens with one attached hydrogen (secondary N) is 2. The van der Waals surface area contributed by atoms with Crippen molar-refractivity contribution in [3.63, 3.8) is 0 Å². The zero-order valence-corrected chi connectivity index (χ0v) is 14.6. The van der Waals surface area contributed by atoms with Crippen LogP contribution in [0.1, 0.15) is 30.7 Å². The van der Waals surface area contributed by atoms with Crippen molar-refractivity contribution in [2.75, 3.05) is 11.4 Å². The molecule has 1 aliphatic carbocycles. The molecule has 2 aliphatic rings. The summed E-state index contributed by atoms with van der Waals surface area (Å²) in [6.45, 7) is 2.67. The van der Waals surface area contributed by atoms with Crippen molar-refractivity contribution < 1.29 is 9.18 Å². The molecular weight excluding hydrogens is 339 g/mol. The van der Waals surface area contributed by atoms with Crippen LogP contribution in [0.25, 0.3) is 0 Å². The largest absolute Gasteiger partial charge is 0.350 e. The van der Waals surface area contributed by atoms with E-state index in [1.165, 1.54) is 25.0 Å². The van der Waals surface area contributed by atoms with E-state index in [2.05, 4.69) is 15.5 Å². The van der Waals surface area contributed by atoms with Crippen molar-refractivity contribution in [1.82, 2.24) is 15.5 Å². The maximum absolute atomic E-state index is 13.4. The third-order valence-corrected chi connectivity index (χ3v) is 5.72. The van der Waals surface area contributed by atoms with Crippen molar-refractivity contribution in [1.29, 1.82) is 0 Å². The van der Waals surface area contributed by atoms with E-state index in [9.17, 15) is 9.18 Å². The SMILES string of the molecule is CC1=C(C(=O)NCC2CC2)N(c2ccc(F)cc2)C(c2cn[nH]c2)S1. The Balaban J connectivity index is 1.67. The average molecular weight is 358 g/mol. The lowest BCUT2D eigenvalue weighted by Crippen LogP contribution is -2.35. The van der Waals surface area contributed by atoms with Gasteiger partial charge in [0.2, 0.25) is 0 Å². The van der Waals surface area contributed by atoms with E-state index in [0.29, 0.717) is 18.2 Å². The molecular formula is C18H19FN4OS. The van der Waals surface area contributed by atoms with Crippen LogP contribution in [-0.4, -0.2) is 22.6 Å². The fourth-order valence-corrected chi connectivity index (χ4v) is 4.19. The first-order chi connectivity index (χ1) is 12.1. The number of rotatable bonds is 5. The molecule has 0 bridgehead atoms. The summed E-state index contributed by atoms with van der Waals surface area (Å²) >= 11 is 1.61. The second kappa shape index (κ2) is 6.55. The summed E-state index contributed by atoms with van der Waals surface area (Å²) in [5, 5.41) is 9.79. The van der Waals surface area contributed by atoms with Gasteiger partial charge in [0, 0.05) is 28.9 Å². The second-order valence-electron chi connectivity index (χ2n) is 6.41. The van der Waals surface area contributed by atoms with Crippen LogP contribution in [0.2, 0.25) is 0 Å². The van der Waals surface area contributed by atoms with Gasteiger partial charge < -0.3 is 10.2 Å². The number of nitrogens with zero attached hydrogens (tertiary/aromatic N) is 2. The topological polar surface area (TPSA) is 61.0 Å². The molecule has 1 aromatic heterocycles. The molecule has 0 saturated heterocycles. The van der Waals surface area contributed by atoms with Crippen LogP contribution in [0.3, 0.4) is 0 Å². The molecule has 0 radical (unpaired) electrons. The van der Waals surface area contributed by atoms with Gasteiger partial charge in [0.05, 0.1) is 6.20 Å². The molecule has 4 rings (SSSR count). The number of thioether (sulfide) groups is 1. The number of hydrogen-bond acceptors (Lipinski definition) is 4. The van der Waals surface area contributed by atoms with Gasteiger partial charge in [-0.05, 0) is 49.9 Å². The molecule has 7 heteroatoms. The van der Waals surface area contributed by atoms with Gasteiger partial charge in [-0.25, -0.2) is 4.39 Å². The first kappa shape index (κ1) is 16.2. The average Bonchev–Trinajstić information content (AvgIpc) is 3.14. The van der Waals surface area contributed by atoms with Crippen LogP contribution in [0.4, 0.5) is 10.1 Å². The quantitative estimate of drug-likeness (QED) is 0.858. The Kier molecular flexibility index (Phi) is 4.25. The van der Waals surface area contributed by atoms with Gasteiger partial charge in [-0.15, -0.1) is 0 Å². The smallest absolute Gasteiger partial charge is 0.268 e. The van der Waals surface area contributed by atoms with Crippen LogP contribution in [0.15, 0.2) is 47.3 Å². The van der Waals surface area contributed by atoms with E-state index < -0.39 is 0 Å². The molecule has 1 fully saturated rings. The number of allylic oxidation sites excluding steroid dienone is 1. The number of carbonyl (C=O) groups is 1. The highest BCUT2D eigenvalue weighted by Crippen LogP contribution is 2.49. The molecule has 1 saturated carbocycles. The minimum Gasteiger partial charge on any atom is -0.350 e. The summed E-state index contributed by atoms with van der Waals surface area (Å²) in [7, 11) is 0. The number of H-pyrrole nitrogens is 1. The maximum atomic E-state index is 13.4. The van der Waals surface area contributed by atoms with Crippen molar-refractivity contribution in [3.8, 4) is 0 Å². The standard InChI is InChI=1S/C18H19FN4OS/c1-11-16(17(24)20-8-12-2-3-12)23(15-6-4-14(19)5-7-15)18(25-11)13-9-21-22-10-13/h4-7,9-10,12,18H,2-3,8H2,1H3,(H,20,24)(H,21,22). The summed E-state index contributed by atoms with van der Waals surface area (Å²) in [6, 6.07) is 6.24. The highest BCUT2D eigenvalue weighted by atomic mass is 32.2. The van der Waals surface area contributed by atoms with Crippen LogP contribution in [0.5, 0.6) is 0 Å². The summed E-state index contributed by atoms with van der Waals surface area (Å²) in [6.07, 6.45) is 5.96. The highest BCUT2D eigenvalue weighted by Gasteiger charge is 2.37. The Labute approximate surface area is 149 Å². The summed E-state index contributed by atoms with van der Waals surface area (Å²) in [4.78, 5) is 15.7. The molecule has 130 valence electrons. The zero-order chi connectivity index (χ0) is 17.4. The number of aromatic amines is 1. The number of anilines is 1. The predicted octanol–water partition coefficient (Wildman–Crippen LogP) is 3.56. The van der Waals surface area contributed by atoms with Gasteiger partial charge >= 0.3 is 0 Å². The molecule has 5 nitrogen and oxygen atoms in total. The van der Waals surface area contributed by atoms with Crippen LogP contribution in [-0.2, 0) is 4.79 Å². The monoisotopic (exact) mass is 358 g/mol. The Bertz CT molecular complexity index is 799. The Morgan fingerprint density at radius 2 is 2.16 bits per heavy atom. The van der Waals surface area contributed by atoms with E-state index in [-0.39, 0.29) is 17.1 Å². The number of aromatic nitrogens is 2. The number of hydrogen-bond donors (Lipinski definition) is 2. The lowest BCUT2D eigenvalue weighted by atomic mass is 10.2. The number of halogens is 1. The van der Waals surface area contributed by atoms with Crippen LogP contribution >= 0.6 is 11.8 Å². The third-order valence-electron chi connectivity index (χ3n) is 4.47. The molecule has 1 unspecified atom stereocenters. The van der Waals surface area contributed by atoms with Crippen molar-refractivity contribution in [2.45, 2.75) is 25.1 Å². The molecule has 2 aromatic rings. The van der Waals surface area contributed by atoms with Gasteiger partial charge in [0.25, 0.3) is 5.91 Å². The van der Waals surface area contributed by atoms with E-state index in [0.717, 1.165) is 16.2 Å². The highest BCUT2D eigenvalue weighted by molar-refractivity contribution is 8.03. The summed E-state index contributed by atoms with van der Waals surface area (Å²) < 4.78 is 13.4. The molecule has 1 amide bonds. The zero-order valence-electron chi connectivity index (χ0n) is 13.8. The van der Waals surface area contributed by atoms with E-state index >= 15 is 0 Å². The molecule has 0 spiro atoms. The van der Waals surface area contributed by atoms with Crippen molar-refractivity contribution >= 4 is 23.4 Å². The summed E-state index contributed by atoms with van der Waals surface area (Å²) in [5.41, 5.74) is 2.38. The Morgan fingerprint density at radius 1 is 1.40 bits per heavy atom. The summed E-state index contributed by atoms with van der Waals surface area (Å²) in [5.74, 6) is 0.242. The van der Waals surface area contributed by atoms with E-state index in [4.69, 9.17) is 0 Å². The molecule has 2 heterocycles. The van der Waals surface area contributed by atoms with Crippen molar-refractivity contribution in [3.05, 3.63) is 58.6 Å². The third kappa shape index (κ3) is 3.28. The normalized spacial score (nSPS) is 20.2. The first-order valence-corrected chi connectivity index (χ1v) is 9.20. The lowest BCUT2D eigenvalue weighted by molar-refractivity contribution is -0.117. The van der Waals surface area contributed by atoms with Gasteiger partial charge in [0.15, 0.2) is 0 Å². The molecule has 1 aromatic carbocycles. The number of carbonyl (C=O) groups excluding carboxylic acids is 1. The first-order valence-electron chi connectivity index (χ1n) is 8.32. The maximum Gasteiger partial charge on any atom is 0.268 e. The lowest BCUT2D eigenvalue weighted by Gasteiger charge is -2.28. The van der Waals surface area contributed by atoms with Gasteiger partial charge in [-0.1, -0.05) is 11.8 Å². The predicted molar refractivity (Wildman–Crippen MR) is 96.2 cm³/mol. The number of amides is 1. The van der Waals surface area contributed by atoms with Crippen LogP contribution < -0.4 is 10.2 Å². The minimum absolute atomic E-state index is 0.0766. The van der Waals surface area contributed by atoms with Gasteiger partial charge in [0.1, 0.15) is 16.9 Å². The van der Waals surface area contributed by atoms with E-state index in [1.54, 1.807) is 30.1 Å².